The van der Waals surface area contributed by atoms with E-state index in [1.807, 2.05) is 53.6 Å². The maximum Gasteiger partial charge on any atom is 0.227 e. The van der Waals surface area contributed by atoms with Gasteiger partial charge >= 0.3 is 0 Å². The number of aromatic amines is 1. The molecule has 0 bridgehead atoms. The van der Waals surface area contributed by atoms with Crippen LogP contribution in [0.5, 0.6) is 0 Å². The molecule has 3 aromatic rings. The summed E-state index contributed by atoms with van der Waals surface area (Å²) in [5.74, 6) is 0.0977. The number of anilines is 2. The normalized spacial score (nSPS) is 14.3. The van der Waals surface area contributed by atoms with Crippen molar-refractivity contribution < 1.29 is 9.59 Å². The first-order chi connectivity index (χ1) is 13.6. The van der Waals surface area contributed by atoms with E-state index >= 15 is 0 Å². The Hall–Kier alpha value is -3.28. The van der Waals surface area contributed by atoms with Gasteiger partial charge in [-0.2, -0.15) is 0 Å². The molecular weight excluding hydrogens is 352 g/mol. The number of benzene rings is 2. The third-order valence-corrected chi connectivity index (χ3v) is 5.20. The zero-order valence-corrected chi connectivity index (χ0v) is 15.9. The number of H-pyrrole nitrogens is 1. The molecule has 1 aliphatic heterocycles. The van der Waals surface area contributed by atoms with Crippen molar-refractivity contribution in [2.24, 2.45) is 0 Å². The van der Waals surface area contributed by atoms with E-state index in [1.165, 1.54) is 6.92 Å². The van der Waals surface area contributed by atoms with Gasteiger partial charge in [-0.1, -0.05) is 18.2 Å². The maximum absolute atomic E-state index is 12.8. The Balaban J connectivity index is 1.34. The smallest absolute Gasteiger partial charge is 0.227 e. The minimum Gasteiger partial charge on any atom is -0.368 e. The zero-order chi connectivity index (χ0) is 19.5. The number of piperazine rings is 1. The Morgan fingerprint density at radius 3 is 2.43 bits per heavy atom. The standard InChI is InChI=1S/C22H24N4O2/c1-16(27)24-18-6-8-19(9-7-18)25-10-12-26(13-11-25)22(28)14-17-15-23-21-5-3-2-4-20(17)21/h2-9,15,23H,10-14H2,1H3,(H,24,27). The van der Waals surface area contributed by atoms with Gasteiger partial charge in [0.15, 0.2) is 0 Å². The molecule has 28 heavy (non-hydrogen) atoms. The first kappa shape index (κ1) is 18.1. The third-order valence-electron chi connectivity index (χ3n) is 5.20. The van der Waals surface area contributed by atoms with Crippen molar-refractivity contribution in [3.8, 4) is 0 Å². The Labute approximate surface area is 164 Å². The molecule has 0 atom stereocenters. The van der Waals surface area contributed by atoms with Crippen molar-refractivity contribution in [2.45, 2.75) is 13.3 Å². The van der Waals surface area contributed by atoms with Crippen molar-refractivity contribution in [3.63, 3.8) is 0 Å². The molecule has 1 saturated heterocycles. The number of nitrogens with zero attached hydrogens (tertiary/aromatic N) is 2. The molecule has 2 amide bonds. The van der Waals surface area contributed by atoms with Crippen LogP contribution in [0.3, 0.4) is 0 Å². The highest BCUT2D eigenvalue weighted by atomic mass is 16.2. The molecule has 2 aromatic carbocycles. The number of rotatable bonds is 4. The first-order valence-corrected chi connectivity index (χ1v) is 9.55. The molecule has 6 nitrogen and oxygen atoms in total. The molecule has 0 saturated carbocycles. The Kier molecular flexibility index (Phi) is 5.02. The fourth-order valence-corrected chi connectivity index (χ4v) is 3.73. The lowest BCUT2D eigenvalue weighted by Crippen LogP contribution is -2.49. The number of amides is 2. The first-order valence-electron chi connectivity index (χ1n) is 9.55. The van der Waals surface area contributed by atoms with Crippen LogP contribution in [0, 0.1) is 0 Å². The number of hydrogen-bond donors (Lipinski definition) is 2. The lowest BCUT2D eigenvalue weighted by atomic mass is 10.1. The van der Waals surface area contributed by atoms with Gasteiger partial charge < -0.3 is 20.1 Å². The second-order valence-corrected chi connectivity index (χ2v) is 7.13. The lowest BCUT2D eigenvalue weighted by molar-refractivity contribution is -0.130. The lowest BCUT2D eigenvalue weighted by Gasteiger charge is -2.36. The maximum atomic E-state index is 12.8. The Bertz CT molecular complexity index is 985. The minimum atomic E-state index is -0.0740. The molecule has 0 spiro atoms. The Morgan fingerprint density at radius 2 is 1.71 bits per heavy atom. The topological polar surface area (TPSA) is 68.4 Å². The molecule has 2 heterocycles. The quantitative estimate of drug-likeness (QED) is 0.735. The van der Waals surface area contributed by atoms with E-state index in [9.17, 15) is 9.59 Å². The van der Waals surface area contributed by atoms with Gasteiger partial charge in [-0.25, -0.2) is 0 Å². The molecule has 0 radical (unpaired) electrons. The van der Waals surface area contributed by atoms with Gasteiger partial charge in [0, 0.05) is 61.6 Å². The van der Waals surface area contributed by atoms with Crippen LogP contribution in [0.2, 0.25) is 0 Å². The number of fused-ring (bicyclic) bond motifs is 1. The second-order valence-electron chi connectivity index (χ2n) is 7.13. The van der Waals surface area contributed by atoms with Gasteiger partial charge in [0.05, 0.1) is 6.42 Å². The third kappa shape index (κ3) is 3.86. The van der Waals surface area contributed by atoms with Gasteiger partial charge in [-0.15, -0.1) is 0 Å². The number of nitrogens with one attached hydrogen (secondary N) is 2. The minimum absolute atomic E-state index is 0.0740. The van der Waals surface area contributed by atoms with Crippen LogP contribution in [0.4, 0.5) is 11.4 Å². The molecule has 1 fully saturated rings. The molecule has 4 rings (SSSR count). The van der Waals surface area contributed by atoms with Crippen LogP contribution in [-0.2, 0) is 16.0 Å². The number of hydrogen-bond acceptors (Lipinski definition) is 3. The van der Waals surface area contributed by atoms with E-state index in [0.717, 1.165) is 40.9 Å². The van der Waals surface area contributed by atoms with Crippen molar-refractivity contribution in [3.05, 3.63) is 60.3 Å². The van der Waals surface area contributed by atoms with Crippen LogP contribution in [0.25, 0.3) is 10.9 Å². The van der Waals surface area contributed by atoms with E-state index in [4.69, 9.17) is 0 Å². The fraction of sp³-hybridized carbons (Fsp3) is 0.273. The molecule has 0 unspecified atom stereocenters. The monoisotopic (exact) mass is 376 g/mol. The van der Waals surface area contributed by atoms with Gasteiger partial charge in [0.2, 0.25) is 11.8 Å². The summed E-state index contributed by atoms with van der Waals surface area (Å²) in [5, 5.41) is 3.90. The average molecular weight is 376 g/mol. The summed E-state index contributed by atoms with van der Waals surface area (Å²) >= 11 is 0. The molecule has 6 heteroatoms. The summed E-state index contributed by atoms with van der Waals surface area (Å²) in [5.41, 5.74) is 4.02. The summed E-state index contributed by atoms with van der Waals surface area (Å²) in [6, 6.07) is 15.9. The zero-order valence-electron chi connectivity index (χ0n) is 15.9. The fourth-order valence-electron chi connectivity index (χ4n) is 3.73. The predicted molar refractivity (Wildman–Crippen MR) is 112 cm³/mol. The average Bonchev–Trinajstić information content (AvgIpc) is 3.11. The summed E-state index contributed by atoms with van der Waals surface area (Å²) in [4.78, 5) is 31.3. The summed E-state index contributed by atoms with van der Waals surface area (Å²) in [6.45, 7) is 4.54. The van der Waals surface area contributed by atoms with E-state index in [-0.39, 0.29) is 11.8 Å². The van der Waals surface area contributed by atoms with Crippen LogP contribution < -0.4 is 10.2 Å². The van der Waals surface area contributed by atoms with Crippen LogP contribution in [-0.4, -0.2) is 47.9 Å². The number of carbonyl (C=O) groups excluding carboxylic acids is 2. The van der Waals surface area contributed by atoms with Gasteiger partial charge in [0.25, 0.3) is 0 Å². The van der Waals surface area contributed by atoms with Crippen molar-refractivity contribution in [1.82, 2.24) is 9.88 Å². The van der Waals surface area contributed by atoms with Crippen molar-refractivity contribution in [1.29, 1.82) is 0 Å². The SMILES string of the molecule is CC(=O)Nc1ccc(N2CCN(C(=O)Cc3c[nH]c4ccccc34)CC2)cc1. The molecular formula is C22H24N4O2. The molecule has 1 aromatic heterocycles. The predicted octanol–water partition coefficient (Wildman–Crippen LogP) is 3.02. The van der Waals surface area contributed by atoms with E-state index in [0.29, 0.717) is 19.5 Å². The highest BCUT2D eigenvalue weighted by Gasteiger charge is 2.22. The van der Waals surface area contributed by atoms with Crippen molar-refractivity contribution in [2.75, 3.05) is 36.4 Å². The van der Waals surface area contributed by atoms with Crippen LogP contribution in [0.1, 0.15) is 12.5 Å². The molecule has 1 aliphatic rings. The van der Waals surface area contributed by atoms with Crippen LogP contribution >= 0.6 is 0 Å². The van der Waals surface area contributed by atoms with Crippen molar-refractivity contribution >= 4 is 34.1 Å². The molecule has 2 N–H and O–H groups in total. The largest absolute Gasteiger partial charge is 0.368 e. The number of aromatic nitrogens is 1. The van der Waals surface area contributed by atoms with Gasteiger partial charge in [-0.05, 0) is 35.9 Å². The molecule has 0 aliphatic carbocycles. The van der Waals surface area contributed by atoms with Crippen LogP contribution in [0.15, 0.2) is 54.7 Å². The van der Waals surface area contributed by atoms with E-state index < -0.39 is 0 Å². The Morgan fingerprint density at radius 1 is 1.00 bits per heavy atom. The summed E-state index contributed by atoms with van der Waals surface area (Å²) < 4.78 is 0. The molecule has 144 valence electrons. The summed E-state index contributed by atoms with van der Waals surface area (Å²) in [7, 11) is 0. The number of para-hydroxylation sites is 1. The van der Waals surface area contributed by atoms with E-state index in [1.54, 1.807) is 0 Å². The number of carbonyl (C=O) groups is 2. The van der Waals surface area contributed by atoms with Gasteiger partial charge in [0.1, 0.15) is 0 Å². The summed E-state index contributed by atoms with van der Waals surface area (Å²) in [6.07, 6.45) is 2.37. The highest BCUT2D eigenvalue weighted by molar-refractivity contribution is 5.89. The highest BCUT2D eigenvalue weighted by Crippen LogP contribution is 2.21. The van der Waals surface area contributed by atoms with Gasteiger partial charge in [-0.3, -0.25) is 9.59 Å². The van der Waals surface area contributed by atoms with E-state index in [2.05, 4.69) is 21.3 Å². The second kappa shape index (κ2) is 7.76.